The minimum atomic E-state index is -0.673. The number of hydrogen-bond donors (Lipinski definition) is 3. The molecule has 0 aliphatic heterocycles. The Bertz CT molecular complexity index is 640. The van der Waals surface area contributed by atoms with Crippen LogP contribution in [0.3, 0.4) is 0 Å². The molecule has 2 rings (SSSR count). The van der Waals surface area contributed by atoms with Gasteiger partial charge in [0.25, 0.3) is 0 Å². The van der Waals surface area contributed by atoms with Crippen LogP contribution in [-0.2, 0) is 6.54 Å². The van der Waals surface area contributed by atoms with Crippen LogP contribution in [0.25, 0.3) is 0 Å². The fourth-order valence-electron chi connectivity index (χ4n) is 1.71. The SMILES string of the molecule is CCn1c(SCC(O)COc2cccc(N)c2)n[nH]c1=O. The van der Waals surface area contributed by atoms with Gasteiger partial charge in [-0.3, -0.25) is 4.57 Å². The predicted octanol–water partition coefficient (Wildman–Crippen LogP) is 0.706. The van der Waals surface area contributed by atoms with Gasteiger partial charge in [0.1, 0.15) is 12.4 Å². The minimum absolute atomic E-state index is 0.150. The van der Waals surface area contributed by atoms with Crippen LogP contribution in [0.1, 0.15) is 6.92 Å². The molecule has 1 aromatic heterocycles. The molecule has 0 aliphatic rings. The van der Waals surface area contributed by atoms with E-state index >= 15 is 0 Å². The quantitative estimate of drug-likeness (QED) is 0.513. The van der Waals surface area contributed by atoms with Crippen LogP contribution in [-0.4, -0.2) is 38.3 Å². The third kappa shape index (κ3) is 4.27. The molecule has 1 unspecified atom stereocenters. The summed E-state index contributed by atoms with van der Waals surface area (Å²) in [5.41, 5.74) is 6.01. The van der Waals surface area contributed by atoms with Crippen molar-refractivity contribution in [1.82, 2.24) is 14.8 Å². The Kier molecular flexibility index (Phi) is 5.29. The Hall–Kier alpha value is -1.93. The number of H-pyrrole nitrogens is 1. The number of thioether (sulfide) groups is 1. The van der Waals surface area contributed by atoms with Crippen molar-refractivity contribution in [3.05, 3.63) is 34.7 Å². The Balaban J connectivity index is 1.82. The molecular weight excluding hydrogens is 292 g/mol. The lowest BCUT2D eigenvalue weighted by Gasteiger charge is -2.12. The summed E-state index contributed by atoms with van der Waals surface area (Å²) in [6.45, 7) is 2.55. The van der Waals surface area contributed by atoms with Gasteiger partial charge in [0.2, 0.25) is 0 Å². The first kappa shape index (κ1) is 15.5. The highest BCUT2D eigenvalue weighted by Crippen LogP contribution is 2.17. The number of hydrogen-bond acceptors (Lipinski definition) is 6. The molecular formula is C13H18N4O3S. The molecule has 0 radical (unpaired) electrons. The normalized spacial score (nSPS) is 12.3. The van der Waals surface area contributed by atoms with Gasteiger partial charge in [-0.1, -0.05) is 17.8 Å². The van der Waals surface area contributed by atoms with Crippen LogP contribution >= 0.6 is 11.8 Å². The van der Waals surface area contributed by atoms with Gasteiger partial charge in [0.15, 0.2) is 5.16 Å². The van der Waals surface area contributed by atoms with E-state index in [1.165, 1.54) is 16.3 Å². The first-order valence-electron chi connectivity index (χ1n) is 6.54. The molecule has 1 atom stereocenters. The summed E-state index contributed by atoms with van der Waals surface area (Å²) in [5.74, 6) is 0.997. The van der Waals surface area contributed by atoms with Crippen molar-refractivity contribution in [3.63, 3.8) is 0 Å². The van der Waals surface area contributed by atoms with Crippen molar-refractivity contribution in [2.45, 2.75) is 24.7 Å². The maximum Gasteiger partial charge on any atom is 0.343 e. The van der Waals surface area contributed by atoms with E-state index in [-0.39, 0.29) is 12.3 Å². The van der Waals surface area contributed by atoms with Crippen molar-refractivity contribution < 1.29 is 9.84 Å². The second-order valence-electron chi connectivity index (χ2n) is 4.40. The third-order valence-corrected chi connectivity index (χ3v) is 3.87. The molecule has 4 N–H and O–H groups in total. The molecule has 0 spiro atoms. The Morgan fingerprint density at radius 2 is 2.38 bits per heavy atom. The lowest BCUT2D eigenvalue weighted by Crippen LogP contribution is -2.21. The van der Waals surface area contributed by atoms with Crippen LogP contribution in [0.4, 0.5) is 5.69 Å². The highest BCUT2D eigenvalue weighted by atomic mass is 32.2. The van der Waals surface area contributed by atoms with Gasteiger partial charge in [-0.15, -0.1) is 5.10 Å². The zero-order chi connectivity index (χ0) is 15.2. The predicted molar refractivity (Wildman–Crippen MR) is 81.6 cm³/mol. The Morgan fingerprint density at radius 3 is 3.10 bits per heavy atom. The molecule has 8 heteroatoms. The topological polar surface area (TPSA) is 106 Å². The Labute approximate surface area is 126 Å². The van der Waals surface area contributed by atoms with Gasteiger partial charge in [0, 0.05) is 24.1 Å². The lowest BCUT2D eigenvalue weighted by molar-refractivity contribution is 0.126. The molecule has 0 aliphatic carbocycles. The van der Waals surface area contributed by atoms with E-state index in [0.29, 0.717) is 28.9 Å². The number of nitrogens with zero attached hydrogens (tertiary/aromatic N) is 2. The van der Waals surface area contributed by atoms with Gasteiger partial charge in [-0.25, -0.2) is 9.89 Å². The molecule has 0 bridgehead atoms. The summed E-state index contributed by atoms with van der Waals surface area (Å²) in [4.78, 5) is 11.4. The van der Waals surface area contributed by atoms with E-state index < -0.39 is 6.10 Å². The minimum Gasteiger partial charge on any atom is -0.491 e. The van der Waals surface area contributed by atoms with Gasteiger partial charge < -0.3 is 15.6 Å². The molecule has 0 saturated carbocycles. The van der Waals surface area contributed by atoms with Crippen LogP contribution in [0.5, 0.6) is 5.75 Å². The highest BCUT2D eigenvalue weighted by molar-refractivity contribution is 7.99. The fraction of sp³-hybridized carbons (Fsp3) is 0.385. The summed E-state index contributed by atoms with van der Waals surface area (Å²) in [6, 6.07) is 7.02. The van der Waals surface area contributed by atoms with Crippen molar-refractivity contribution in [1.29, 1.82) is 0 Å². The summed E-state index contributed by atoms with van der Waals surface area (Å²) >= 11 is 1.30. The highest BCUT2D eigenvalue weighted by Gasteiger charge is 2.11. The maximum atomic E-state index is 11.4. The summed E-state index contributed by atoms with van der Waals surface area (Å²) in [5, 5.41) is 16.8. The standard InChI is InChI=1S/C13H18N4O3S/c1-2-17-12(19)15-16-13(17)21-8-10(18)7-20-11-5-3-4-9(14)6-11/h3-6,10,18H,2,7-8,14H2,1H3,(H,15,19). The average molecular weight is 310 g/mol. The molecule has 21 heavy (non-hydrogen) atoms. The average Bonchev–Trinajstić information content (AvgIpc) is 2.83. The van der Waals surface area contributed by atoms with E-state index in [2.05, 4.69) is 10.2 Å². The fourth-order valence-corrected chi connectivity index (χ4v) is 2.62. The summed E-state index contributed by atoms with van der Waals surface area (Å²) in [6.07, 6.45) is -0.673. The van der Waals surface area contributed by atoms with E-state index in [1.807, 2.05) is 6.92 Å². The number of nitrogens with two attached hydrogens (primary N) is 1. The Morgan fingerprint density at radius 1 is 1.57 bits per heavy atom. The second kappa shape index (κ2) is 7.19. The number of rotatable bonds is 7. The first-order valence-corrected chi connectivity index (χ1v) is 7.53. The van der Waals surface area contributed by atoms with Crippen molar-refractivity contribution in [2.24, 2.45) is 0 Å². The van der Waals surface area contributed by atoms with Crippen molar-refractivity contribution in [2.75, 3.05) is 18.1 Å². The second-order valence-corrected chi connectivity index (χ2v) is 5.39. The van der Waals surface area contributed by atoms with Crippen molar-refractivity contribution in [3.8, 4) is 5.75 Å². The monoisotopic (exact) mass is 310 g/mol. The molecule has 114 valence electrons. The van der Waals surface area contributed by atoms with Crippen LogP contribution in [0.15, 0.2) is 34.2 Å². The third-order valence-electron chi connectivity index (χ3n) is 2.74. The number of benzene rings is 1. The molecule has 7 nitrogen and oxygen atoms in total. The number of aromatic amines is 1. The molecule has 1 aromatic carbocycles. The molecule has 0 fully saturated rings. The molecule has 2 aromatic rings. The van der Waals surface area contributed by atoms with E-state index in [4.69, 9.17) is 10.5 Å². The number of aliphatic hydroxyl groups excluding tert-OH is 1. The zero-order valence-electron chi connectivity index (χ0n) is 11.7. The molecule has 1 heterocycles. The van der Waals surface area contributed by atoms with Gasteiger partial charge in [-0.05, 0) is 19.1 Å². The molecule has 0 saturated heterocycles. The maximum absolute atomic E-state index is 11.4. The van der Waals surface area contributed by atoms with E-state index in [1.54, 1.807) is 24.3 Å². The summed E-state index contributed by atoms with van der Waals surface area (Å²) < 4.78 is 6.97. The van der Waals surface area contributed by atoms with Crippen LogP contribution in [0, 0.1) is 0 Å². The lowest BCUT2D eigenvalue weighted by atomic mass is 10.3. The number of aliphatic hydroxyl groups is 1. The number of ether oxygens (including phenoxy) is 1. The number of nitrogens with one attached hydrogen (secondary N) is 1. The van der Waals surface area contributed by atoms with Gasteiger partial charge >= 0.3 is 5.69 Å². The van der Waals surface area contributed by atoms with Gasteiger partial charge in [0.05, 0.1) is 6.10 Å². The zero-order valence-corrected chi connectivity index (χ0v) is 12.5. The van der Waals surface area contributed by atoms with E-state index in [0.717, 1.165) is 0 Å². The first-order chi connectivity index (χ1) is 10.1. The largest absolute Gasteiger partial charge is 0.491 e. The number of aromatic nitrogens is 3. The van der Waals surface area contributed by atoms with Gasteiger partial charge in [-0.2, -0.15) is 0 Å². The van der Waals surface area contributed by atoms with Crippen LogP contribution < -0.4 is 16.2 Å². The van der Waals surface area contributed by atoms with Crippen molar-refractivity contribution >= 4 is 17.4 Å². The smallest absolute Gasteiger partial charge is 0.343 e. The van der Waals surface area contributed by atoms with E-state index in [9.17, 15) is 9.90 Å². The number of nitrogen functional groups attached to an aromatic ring is 1. The number of anilines is 1. The molecule has 0 amide bonds. The van der Waals surface area contributed by atoms with Crippen LogP contribution in [0.2, 0.25) is 0 Å². The summed E-state index contributed by atoms with van der Waals surface area (Å²) in [7, 11) is 0.